The van der Waals surface area contributed by atoms with Crippen LogP contribution in [-0.2, 0) is 4.79 Å². The Balaban J connectivity index is 3.50. The lowest BCUT2D eigenvalue weighted by Gasteiger charge is -1.98. The molecule has 0 saturated heterocycles. The number of hydrogen-bond donors (Lipinski definition) is 2. The molecule has 0 aliphatic carbocycles. The van der Waals surface area contributed by atoms with Gasteiger partial charge in [0.1, 0.15) is 6.04 Å². The van der Waals surface area contributed by atoms with Crippen LogP contribution in [0.2, 0.25) is 0 Å². The van der Waals surface area contributed by atoms with Crippen LogP contribution in [0.25, 0.3) is 0 Å². The van der Waals surface area contributed by atoms with E-state index >= 15 is 0 Å². The predicted octanol–water partition coefficient (Wildman–Crippen LogP) is 0.697. The summed E-state index contributed by atoms with van der Waals surface area (Å²) in [5.41, 5.74) is 5.13. The number of hydrogen-bond acceptors (Lipinski definition) is 2. The standard InChI is InChI=1S/C5H8BrNO2/c6-3-1-2-4(7)5(8)9/h1,3-4H,2,7H2,(H,8,9)/b3-1-/t4-/m1/s1. The fourth-order valence-corrected chi connectivity index (χ4v) is 0.515. The highest BCUT2D eigenvalue weighted by molar-refractivity contribution is 9.11. The lowest BCUT2D eigenvalue weighted by atomic mass is 10.2. The zero-order chi connectivity index (χ0) is 7.28. The summed E-state index contributed by atoms with van der Waals surface area (Å²) in [6.45, 7) is 0. The maximum atomic E-state index is 10.0. The molecule has 1 atom stereocenters. The number of carbonyl (C=O) groups is 1. The first-order valence-electron chi connectivity index (χ1n) is 2.42. The lowest BCUT2D eigenvalue weighted by molar-refractivity contribution is -0.138. The second-order valence-electron chi connectivity index (χ2n) is 1.54. The molecule has 0 amide bonds. The van der Waals surface area contributed by atoms with Gasteiger partial charge in [0.2, 0.25) is 0 Å². The fraction of sp³-hybridized carbons (Fsp3) is 0.400. The van der Waals surface area contributed by atoms with Crippen LogP contribution in [0.5, 0.6) is 0 Å². The van der Waals surface area contributed by atoms with Crippen molar-refractivity contribution in [3.8, 4) is 0 Å². The highest BCUT2D eigenvalue weighted by atomic mass is 79.9. The first-order chi connectivity index (χ1) is 4.18. The van der Waals surface area contributed by atoms with E-state index in [0.717, 1.165) is 0 Å². The summed E-state index contributed by atoms with van der Waals surface area (Å²) in [6, 6.07) is -0.779. The topological polar surface area (TPSA) is 63.3 Å². The molecule has 0 rings (SSSR count). The van der Waals surface area contributed by atoms with E-state index in [2.05, 4.69) is 15.9 Å². The van der Waals surface area contributed by atoms with Gasteiger partial charge in [-0.2, -0.15) is 0 Å². The zero-order valence-corrected chi connectivity index (χ0v) is 6.34. The van der Waals surface area contributed by atoms with Gasteiger partial charge in [-0.25, -0.2) is 0 Å². The van der Waals surface area contributed by atoms with E-state index < -0.39 is 12.0 Å². The molecule has 0 radical (unpaired) electrons. The van der Waals surface area contributed by atoms with Crippen molar-refractivity contribution in [3.05, 3.63) is 11.1 Å². The minimum Gasteiger partial charge on any atom is -0.480 e. The third-order valence-corrected chi connectivity index (χ3v) is 1.17. The van der Waals surface area contributed by atoms with Gasteiger partial charge >= 0.3 is 5.97 Å². The summed E-state index contributed by atoms with van der Waals surface area (Å²) in [4.78, 5) is 11.6. The molecule has 9 heavy (non-hydrogen) atoms. The van der Waals surface area contributed by atoms with Crippen molar-refractivity contribution in [2.75, 3.05) is 0 Å². The Morgan fingerprint density at radius 2 is 2.44 bits per heavy atom. The summed E-state index contributed by atoms with van der Waals surface area (Å²) >= 11 is 3.00. The third-order valence-electron chi connectivity index (χ3n) is 0.796. The van der Waals surface area contributed by atoms with Gasteiger partial charge < -0.3 is 10.8 Å². The largest absolute Gasteiger partial charge is 0.480 e. The zero-order valence-electron chi connectivity index (χ0n) is 4.75. The van der Waals surface area contributed by atoms with Crippen molar-refractivity contribution in [3.63, 3.8) is 0 Å². The summed E-state index contributed by atoms with van der Waals surface area (Å²) < 4.78 is 0. The summed E-state index contributed by atoms with van der Waals surface area (Å²) in [6.07, 6.45) is 2.01. The van der Waals surface area contributed by atoms with Crippen molar-refractivity contribution in [1.82, 2.24) is 0 Å². The van der Waals surface area contributed by atoms with Crippen LogP contribution in [0.15, 0.2) is 11.1 Å². The van der Waals surface area contributed by atoms with Gasteiger partial charge in [0.15, 0.2) is 0 Å². The summed E-state index contributed by atoms with van der Waals surface area (Å²) in [7, 11) is 0. The van der Waals surface area contributed by atoms with Crippen molar-refractivity contribution in [2.24, 2.45) is 5.73 Å². The van der Waals surface area contributed by atoms with E-state index in [-0.39, 0.29) is 0 Å². The highest BCUT2D eigenvalue weighted by Gasteiger charge is 2.07. The Kier molecular flexibility index (Phi) is 4.35. The first-order valence-corrected chi connectivity index (χ1v) is 3.33. The van der Waals surface area contributed by atoms with Gasteiger partial charge in [-0.05, 0) is 11.4 Å². The highest BCUT2D eigenvalue weighted by Crippen LogP contribution is 1.92. The number of aliphatic carboxylic acids is 1. The molecule has 0 aromatic rings. The van der Waals surface area contributed by atoms with Gasteiger partial charge in [-0.1, -0.05) is 22.0 Å². The van der Waals surface area contributed by atoms with Crippen LogP contribution in [0.3, 0.4) is 0 Å². The van der Waals surface area contributed by atoms with Crippen LogP contribution in [0, 0.1) is 0 Å². The van der Waals surface area contributed by atoms with Crippen molar-refractivity contribution < 1.29 is 9.90 Å². The molecule has 0 fully saturated rings. The molecule has 0 aliphatic rings. The van der Waals surface area contributed by atoms with E-state index in [1.807, 2.05) is 0 Å². The molecule has 0 aromatic heterocycles. The Labute approximate surface area is 61.7 Å². The predicted molar refractivity (Wildman–Crippen MR) is 38.3 cm³/mol. The molecule has 0 spiro atoms. The second-order valence-corrected chi connectivity index (χ2v) is 2.07. The van der Waals surface area contributed by atoms with E-state index in [4.69, 9.17) is 10.8 Å². The molecule has 0 heterocycles. The minimum atomic E-state index is -0.972. The Morgan fingerprint density at radius 3 is 2.78 bits per heavy atom. The van der Waals surface area contributed by atoms with Crippen LogP contribution in [0.1, 0.15) is 6.42 Å². The fourth-order valence-electron chi connectivity index (χ4n) is 0.299. The summed E-state index contributed by atoms with van der Waals surface area (Å²) in [5, 5.41) is 8.23. The monoisotopic (exact) mass is 193 g/mol. The maximum absolute atomic E-state index is 10.0. The molecule has 3 N–H and O–H groups in total. The van der Waals surface area contributed by atoms with Crippen molar-refractivity contribution in [2.45, 2.75) is 12.5 Å². The first kappa shape index (κ1) is 8.65. The van der Waals surface area contributed by atoms with Crippen LogP contribution >= 0.6 is 15.9 Å². The molecule has 3 nitrogen and oxygen atoms in total. The van der Waals surface area contributed by atoms with Crippen molar-refractivity contribution in [1.29, 1.82) is 0 Å². The van der Waals surface area contributed by atoms with Crippen LogP contribution in [-0.4, -0.2) is 17.1 Å². The molecular formula is C5H8BrNO2. The van der Waals surface area contributed by atoms with Crippen molar-refractivity contribution >= 4 is 21.9 Å². The molecule has 0 aromatic carbocycles. The van der Waals surface area contributed by atoms with Gasteiger partial charge in [0.05, 0.1) is 0 Å². The second kappa shape index (κ2) is 4.52. The number of carboxylic acids is 1. The van der Waals surface area contributed by atoms with Crippen LogP contribution < -0.4 is 5.73 Å². The normalized spacial score (nSPS) is 14.0. The Hall–Kier alpha value is -0.350. The average Bonchev–Trinajstić information content (AvgIpc) is 1.82. The summed E-state index contributed by atoms with van der Waals surface area (Å²) in [5.74, 6) is -0.972. The molecule has 0 bridgehead atoms. The van der Waals surface area contributed by atoms with E-state index in [1.165, 1.54) is 0 Å². The van der Waals surface area contributed by atoms with E-state index in [1.54, 1.807) is 11.1 Å². The number of rotatable bonds is 3. The smallest absolute Gasteiger partial charge is 0.320 e. The molecule has 0 saturated carbocycles. The molecule has 52 valence electrons. The maximum Gasteiger partial charge on any atom is 0.320 e. The lowest BCUT2D eigenvalue weighted by Crippen LogP contribution is -2.29. The molecular weight excluding hydrogens is 186 g/mol. The number of carboxylic acid groups (broad SMARTS) is 1. The van der Waals surface area contributed by atoms with Gasteiger partial charge in [-0.15, -0.1) is 0 Å². The Morgan fingerprint density at radius 1 is 1.89 bits per heavy atom. The molecule has 0 unspecified atom stereocenters. The Bertz CT molecular complexity index is 124. The average molecular weight is 194 g/mol. The third kappa shape index (κ3) is 4.17. The van der Waals surface area contributed by atoms with Gasteiger partial charge in [-0.3, -0.25) is 4.79 Å². The SMILES string of the molecule is N[C@H](C/C=C\Br)C(=O)O. The quantitative estimate of drug-likeness (QED) is 0.694. The van der Waals surface area contributed by atoms with E-state index in [0.29, 0.717) is 6.42 Å². The molecule has 0 aliphatic heterocycles. The molecule has 4 heteroatoms. The number of halogens is 1. The van der Waals surface area contributed by atoms with Gasteiger partial charge in [0.25, 0.3) is 0 Å². The van der Waals surface area contributed by atoms with Gasteiger partial charge in [0, 0.05) is 0 Å². The minimum absolute atomic E-state index is 0.362. The van der Waals surface area contributed by atoms with Crippen LogP contribution in [0.4, 0.5) is 0 Å². The van der Waals surface area contributed by atoms with E-state index in [9.17, 15) is 4.79 Å². The number of nitrogens with two attached hydrogens (primary N) is 1.